The molecule has 0 saturated carbocycles. The lowest BCUT2D eigenvalue weighted by Gasteiger charge is -2.12. The lowest BCUT2D eigenvalue weighted by molar-refractivity contribution is -0.0650. The second-order valence-corrected chi connectivity index (χ2v) is 4.11. The normalized spacial score (nSPS) is 32.2. The summed E-state index contributed by atoms with van der Waals surface area (Å²) in [6, 6.07) is 1.68. The highest BCUT2D eigenvalue weighted by molar-refractivity contribution is 5.71. The zero-order valence-corrected chi connectivity index (χ0v) is 9.29. The molecule has 18 heavy (non-hydrogen) atoms. The van der Waals surface area contributed by atoms with Crippen molar-refractivity contribution >= 4 is 11.0 Å². The molecule has 96 valence electrons. The number of ether oxygens (including phenoxy) is 1. The minimum atomic E-state index is -1.18. The fourth-order valence-corrected chi connectivity index (χ4v) is 1.97. The van der Waals surface area contributed by atoms with Crippen LogP contribution in [0.15, 0.2) is 18.5 Å². The Morgan fingerprint density at radius 3 is 2.67 bits per heavy atom. The molecule has 4 atom stereocenters. The van der Waals surface area contributed by atoms with Crippen molar-refractivity contribution in [3.8, 4) is 0 Å². The molecule has 1 fully saturated rings. The van der Waals surface area contributed by atoms with Crippen LogP contribution in [-0.4, -0.2) is 60.2 Å². The van der Waals surface area contributed by atoms with E-state index in [9.17, 15) is 10.2 Å². The molecule has 3 rings (SSSR count). The maximum absolute atomic E-state index is 9.84. The highest BCUT2D eigenvalue weighted by atomic mass is 16.6. The maximum Gasteiger partial charge on any atom is 0.198 e. The molecule has 0 bridgehead atoms. The molecule has 0 spiro atoms. The average molecular weight is 252 g/mol. The van der Waals surface area contributed by atoms with Crippen LogP contribution >= 0.6 is 0 Å². The van der Waals surface area contributed by atoms with E-state index in [0.717, 1.165) is 0 Å². The monoisotopic (exact) mass is 252 g/mol. The van der Waals surface area contributed by atoms with E-state index in [1.165, 1.54) is 4.80 Å². The van der Waals surface area contributed by atoms with Gasteiger partial charge in [-0.25, -0.2) is 0 Å². The molecule has 8 heteroatoms. The fourth-order valence-electron chi connectivity index (χ4n) is 1.97. The van der Waals surface area contributed by atoms with Crippen LogP contribution in [0.1, 0.15) is 6.23 Å². The number of aromatic nitrogens is 4. The van der Waals surface area contributed by atoms with Gasteiger partial charge in [0.15, 0.2) is 6.23 Å². The van der Waals surface area contributed by atoms with Crippen LogP contribution in [0.2, 0.25) is 0 Å². The molecule has 1 saturated heterocycles. The third-order valence-corrected chi connectivity index (χ3v) is 2.94. The van der Waals surface area contributed by atoms with Crippen molar-refractivity contribution in [1.82, 2.24) is 20.0 Å². The second kappa shape index (κ2) is 4.25. The highest BCUT2D eigenvalue weighted by Crippen LogP contribution is 2.28. The third kappa shape index (κ3) is 1.66. The summed E-state index contributed by atoms with van der Waals surface area (Å²) in [5.41, 5.74) is 1.18. The molecule has 1 aliphatic rings. The number of fused-ring (bicyclic) bond motifs is 1. The summed E-state index contributed by atoms with van der Waals surface area (Å²) in [5.74, 6) is 0. The Kier molecular flexibility index (Phi) is 2.71. The Bertz CT molecular complexity index is 527. The van der Waals surface area contributed by atoms with Gasteiger partial charge < -0.3 is 20.1 Å². The molecule has 0 amide bonds. The van der Waals surface area contributed by atoms with Crippen molar-refractivity contribution in [1.29, 1.82) is 0 Å². The first-order valence-electron chi connectivity index (χ1n) is 5.49. The SMILES string of the molecule is OCC1OC(n2nc3ccncc3n2)C(O)C1O. The number of hydrogen-bond acceptors (Lipinski definition) is 7. The minimum absolute atomic E-state index is 0.378. The molecule has 2 aromatic heterocycles. The molecule has 1 aliphatic heterocycles. The van der Waals surface area contributed by atoms with E-state index in [4.69, 9.17) is 9.84 Å². The fraction of sp³-hybridized carbons (Fsp3) is 0.500. The lowest BCUT2D eigenvalue weighted by atomic mass is 10.1. The number of aliphatic hydroxyl groups is 3. The largest absolute Gasteiger partial charge is 0.394 e. The van der Waals surface area contributed by atoms with Crippen LogP contribution in [0.3, 0.4) is 0 Å². The van der Waals surface area contributed by atoms with Crippen LogP contribution in [0.25, 0.3) is 11.0 Å². The molecular weight excluding hydrogens is 240 g/mol. The zero-order valence-electron chi connectivity index (χ0n) is 9.29. The van der Waals surface area contributed by atoms with Crippen molar-refractivity contribution in [2.45, 2.75) is 24.5 Å². The van der Waals surface area contributed by atoms with Crippen molar-refractivity contribution < 1.29 is 20.1 Å². The molecule has 2 aromatic rings. The summed E-state index contributed by atoms with van der Waals surface area (Å²) >= 11 is 0. The Morgan fingerprint density at radius 2 is 2.00 bits per heavy atom. The molecule has 0 radical (unpaired) electrons. The van der Waals surface area contributed by atoms with E-state index >= 15 is 0 Å². The molecule has 8 nitrogen and oxygen atoms in total. The maximum atomic E-state index is 9.84. The molecule has 3 N–H and O–H groups in total. The molecule has 3 heterocycles. The number of pyridine rings is 1. The first-order valence-corrected chi connectivity index (χ1v) is 5.49. The average Bonchev–Trinajstić information content (AvgIpc) is 2.92. The van der Waals surface area contributed by atoms with Crippen LogP contribution in [0.5, 0.6) is 0 Å². The number of aliphatic hydroxyl groups excluding tert-OH is 3. The first-order chi connectivity index (χ1) is 8.70. The van der Waals surface area contributed by atoms with Gasteiger partial charge in [0.2, 0.25) is 0 Å². The summed E-state index contributed by atoms with van der Waals surface area (Å²) in [6.07, 6.45) is -0.968. The van der Waals surface area contributed by atoms with E-state index < -0.39 is 24.5 Å². The smallest absolute Gasteiger partial charge is 0.198 e. The van der Waals surface area contributed by atoms with Crippen molar-refractivity contribution in [3.05, 3.63) is 18.5 Å². The van der Waals surface area contributed by atoms with Crippen LogP contribution in [0.4, 0.5) is 0 Å². The van der Waals surface area contributed by atoms with E-state index in [2.05, 4.69) is 15.2 Å². The van der Waals surface area contributed by atoms with Crippen molar-refractivity contribution in [3.63, 3.8) is 0 Å². The van der Waals surface area contributed by atoms with Gasteiger partial charge >= 0.3 is 0 Å². The quantitative estimate of drug-likeness (QED) is 0.592. The van der Waals surface area contributed by atoms with Crippen LogP contribution < -0.4 is 0 Å². The Morgan fingerprint density at radius 1 is 1.22 bits per heavy atom. The topological polar surface area (TPSA) is 114 Å². The summed E-state index contributed by atoms with van der Waals surface area (Å²) in [5, 5.41) is 36.7. The summed E-state index contributed by atoms with van der Waals surface area (Å²) in [6.45, 7) is -0.378. The van der Waals surface area contributed by atoms with Crippen LogP contribution in [-0.2, 0) is 4.74 Å². The first kappa shape index (κ1) is 11.5. The zero-order chi connectivity index (χ0) is 12.7. The van der Waals surface area contributed by atoms with Gasteiger partial charge in [-0.15, -0.1) is 5.10 Å². The van der Waals surface area contributed by atoms with E-state index in [1.807, 2.05) is 0 Å². The molecular formula is C10H12N4O4. The summed E-state index contributed by atoms with van der Waals surface area (Å²) in [4.78, 5) is 5.10. The molecule has 4 unspecified atom stereocenters. The molecule has 0 aromatic carbocycles. The number of nitrogens with zero attached hydrogens (tertiary/aromatic N) is 4. The third-order valence-electron chi connectivity index (χ3n) is 2.94. The minimum Gasteiger partial charge on any atom is -0.394 e. The van der Waals surface area contributed by atoms with Gasteiger partial charge in [0.05, 0.1) is 12.8 Å². The lowest BCUT2D eigenvalue weighted by Crippen LogP contribution is -2.33. The van der Waals surface area contributed by atoms with E-state index in [-0.39, 0.29) is 6.61 Å². The summed E-state index contributed by atoms with van der Waals surface area (Å²) in [7, 11) is 0. The van der Waals surface area contributed by atoms with Crippen LogP contribution in [0, 0.1) is 0 Å². The Balaban J connectivity index is 1.95. The predicted molar refractivity (Wildman–Crippen MR) is 58.3 cm³/mol. The predicted octanol–water partition coefficient (Wildman–Crippen LogP) is -1.56. The van der Waals surface area contributed by atoms with Gasteiger partial charge in [0.1, 0.15) is 29.3 Å². The van der Waals surface area contributed by atoms with Crippen molar-refractivity contribution in [2.24, 2.45) is 0 Å². The van der Waals surface area contributed by atoms with E-state index in [1.54, 1.807) is 18.5 Å². The van der Waals surface area contributed by atoms with E-state index in [0.29, 0.717) is 11.0 Å². The van der Waals surface area contributed by atoms with Gasteiger partial charge in [-0.2, -0.15) is 9.90 Å². The van der Waals surface area contributed by atoms with Gasteiger partial charge in [-0.05, 0) is 6.07 Å². The van der Waals surface area contributed by atoms with Gasteiger partial charge in [0.25, 0.3) is 0 Å². The standard InChI is InChI=1S/C10H12N4O4/c15-4-7-8(16)9(17)10(18-7)14-12-5-1-2-11-3-6(5)13-14/h1-3,7-10,15-17H,4H2. The highest BCUT2D eigenvalue weighted by Gasteiger charge is 2.44. The Hall–Kier alpha value is -1.61. The van der Waals surface area contributed by atoms with Gasteiger partial charge in [-0.1, -0.05) is 0 Å². The summed E-state index contributed by atoms with van der Waals surface area (Å²) < 4.78 is 5.32. The number of rotatable bonds is 2. The number of hydrogen-bond donors (Lipinski definition) is 3. The van der Waals surface area contributed by atoms with Gasteiger partial charge in [0, 0.05) is 6.20 Å². The van der Waals surface area contributed by atoms with Gasteiger partial charge in [-0.3, -0.25) is 4.98 Å². The van der Waals surface area contributed by atoms with Crippen molar-refractivity contribution in [2.75, 3.05) is 6.61 Å². The Labute approximate surface area is 101 Å². The second-order valence-electron chi connectivity index (χ2n) is 4.11. The molecule has 0 aliphatic carbocycles.